The van der Waals surface area contributed by atoms with Gasteiger partial charge in [-0.3, -0.25) is 0 Å². The highest BCUT2D eigenvalue weighted by Gasteiger charge is 2.25. The van der Waals surface area contributed by atoms with Gasteiger partial charge < -0.3 is 4.43 Å². The SMILES string of the molecule is CC(C)(C)/C(=C/c1ccccc1)O[Si](C)(C)C. The van der Waals surface area contributed by atoms with Crippen LogP contribution in [0.5, 0.6) is 0 Å². The van der Waals surface area contributed by atoms with E-state index in [1.807, 2.05) is 6.07 Å². The van der Waals surface area contributed by atoms with E-state index in [1.165, 1.54) is 5.56 Å². The van der Waals surface area contributed by atoms with Crippen molar-refractivity contribution in [2.24, 2.45) is 5.41 Å². The van der Waals surface area contributed by atoms with Gasteiger partial charge in [-0.2, -0.15) is 0 Å². The number of hydrogen-bond acceptors (Lipinski definition) is 1. The molecule has 1 aromatic carbocycles. The van der Waals surface area contributed by atoms with Crippen LogP contribution in [0.1, 0.15) is 26.3 Å². The van der Waals surface area contributed by atoms with E-state index >= 15 is 0 Å². The lowest BCUT2D eigenvalue weighted by Crippen LogP contribution is -2.29. The fourth-order valence-corrected chi connectivity index (χ4v) is 2.45. The van der Waals surface area contributed by atoms with E-state index in [0.717, 1.165) is 5.76 Å². The standard InChI is InChI=1S/C15H24OSi/c1-15(2,3)14(16-17(4,5)6)12-13-10-8-7-9-11-13/h7-12H,1-6H3/b14-12-. The van der Waals surface area contributed by atoms with Crippen LogP contribution >= 0.6 is 0 Å². The Labute approximate surface area is 107 Å². The molecule has 2 heteroatoms. The van der Waals surface area contributed by atoms with Crippen molar-refractivity contribution in [2.75, 3.05) is 0 Å². The first-order valence-corrected chi connectivity index (χ1v) is 9.55. The molecule has 0 aromatic heterocycles. The van der Waals surface area contributed by atoms with Gasteiger partial charge in [0.25, 0.3) is 0 Å². The summed E-state index contributed by atoms with van der Waals surface area (Å²) in [5.41, 5.74) is 1.26. The molecule has 0 heterocycles. The molecule has 1 aromatic rings. The predicted molar refractivity (Wildman–Crippen MR) is 78.3 cm³/mol. The number of rotatable bonds is 3. The van der Waals surface area contributed by atoms with Gasteiger partial charge in [0.2, 0.25) is 8.32 Å². The van der Waals surface area contributed by atoms with Crippen molar-refractivity contribution in [3.63, 3.8) is 0 Å². The Morgan fingerprint density at radius 1 is 1.06 bits per heavy atom. The van der Waals surface area contributed by atoms with Gasteiger partial charge in [0, 0.05) is 5.41 Å². The topological polar surface area (TPSA) is 9.23 Å². The molecule has 0 fully saturated rings. The van der Waals surface area contributed by atoms with Crippen LogP contribution < -0.4 is 0 Å². The third-order valence-electron chi connectivity index (χ3n) is 2.25. The molecule has 0 N–H and O–H groups in total. The average Bonchev–Trinajstić information content (AvgIpc) is 2.15. The van der Waals surface area contributed by atoms with Crippen molar-refractivity contribution in [1.82, 2.24) is 0 Å². The van der Waals surface area contributed by atoms with Gasteiger partial charge >= 0.3 is 0 Å². The van der Waals surface area contributed by atoms with Crippen LogP contribution in [0.25, 0.3) is 6.08 Å². The molecule has 17 heavy (non-hydrogen) atoms. The van der Waals surface area contributed by atoms with E-state index in [0.29, 0.717) is 0 Å². The van der Waals surface area contributed by atoms with Crippen molar-refractivity contribution >= 4 is 14.4 Å². The lowest BCUT2D eigenvalue weighted by molar-refractivity contribution is 0.294. The zero-order chi connectivity index (χ0) is 13.1. The minimum absolute atomic E-state index is 0.0517. The fourth-order valence-electron chi connectivity index (χ4n) is 1.43. The molecule has 0 aliphatic heterocycles. The van der Waals surface area contributed by atoms with Crippen LogP contribution in [0, 0.1) is 5.41 Å². The maximum absolute atomic E-state index is 6.21. The molecule has 0 atom stereocenters. The Morgan fingerprint density at radius 2 is 1.59 bits per heavy atom. The van der Waals surface area contributed by atoms with Crippen LogP contribution in [0.2, 0.25) is 19.6 Å². The third kappa shape index (κ3) is 5.22. The van der Waals surface area contributed by atoms with Crippen LogP contribution in [0.3, 0.4) is 0 Å². The summed E-state index contributed by atoms with van der Waals surface area (Å²) in [6.07, 6.45) is 2.16. The third-order valence-corrected chi connectivity index (χ3v) is 3.08. The minimum atomic E-state index is -1.55. The second-order valence-corrected chi connectivity index (χ2v) is 10.8. The van der Waals surface area contributed by atoms with E-state index < -0.39 is 8.32 Å². The number of allylic oxidation sites excluding steroid dienone is 1. The Kier molecular flexibility index (Phi) is 4.20. The molecule has 1 nitrogen and oxygen atoms in total. The van der Waals surface area contributed by atoms with E-state index in [4.69, 9.17) is 4.43 Å². The molecule has 1 rings (SSSR count). The summed E-state index contributed by atoms with van der Waals surface area (Å²) >= 11 is 0. The molecule has 0 aliphatic rings. The quantitative estimate of drug-likeness (QED) is 0.544. The Hall–Kier alpha value is -1.02. The number of hydrogen-bond donors (Lipinski definition) is 0. The van der Waals surface area contributed by atoms with Gasteiger partial charge in [-0.15, -0.1) is 0 Å². The van der Waals surface area contributed by atoms with Gasteiger partial charge in [-0.1, -0.05) is 51.1 Å². The number of benzene rings is 1. The predicted octanol–water partition coefficient (Wildman–Crippen LogP) is 4.93. The second kappa shape index (κ2) is 5.09. The van der Waals surface area contributed by atoms with Gasteiger partial charge in [-0.25, -0.2) is 0 Å². The Balaban J connectivity index is 3.04. The van der Waals surface area contributed by atoms with Crippen molar-refractivity contribution in [3.05, 3.63) is 41.7 Å². The Morgan fingerprint density at radius 3 is 2.00 bits per heavy atom. The maximum Gasteiger partial charge on any atom is 0.241 e. The fraction of sp³-hybridized carbons (Fsp3) is 0.467. The van der Waals surface area contributed by atoms with Crippen LogP contribution in [0.4, 0.5) is 0 Å². The van der Waals surface area contributed by atoms with Crippen LogP contribution in [-0.2, 0) is 4.43 Å². The van der Waals surface area contributed by atoms with Crippen molar-refractivity contribution in [3.8, 4) is 0 Å². The lowest BCUT2D eigenvalue weighted by atomic mass is 9.92. The lowest BCUT2D eigenvalue weighted by Gasteiger charge is -2.30. The van der Waals surface area contributed by atoms with Gasteiger partial charge in [0.1, 0.15) is 0 Å². The monoisotopic (exact) mass is 248 g/mol. The van der Waals surface area contributed by atoms with E-state index in [-0.39, 0.29) is 5.41 Å². The summed E-state index contributed by atoms with van der Waals surface area (Å²) in [6, 6.07) is 10.4. The zero-order valence-electron chi connectivity index (χ0n) is 11.9. The molecule has 0 aliphatic carbocycles. The van der Waals surface area contributed by atoms with E-state index in [9.17, 15) is 0 Å². The maximum atomic E-state index is 6.21. The summed E-state index contributed by atoms with van der Waals surface area (Å²) in [4.78, 5) is 0. The molecular formula is C15H24OSi. The average molecular weight is 248 g/mol. The molecule has 0 amide bonds. The molecular weight excluding hydrogens is 224 g/mol. The molecule has 0 unspecified atom stereocenters. The van der Waals surface area contributed by atoms with Crippen molar-refractivity contribution in [1.29, 1.82) is 0 Å². The minimum Gasteiger partial charge on any atom is -0.547 e. The highest BCUT2D eigenvalue weighted by atomic mass is 28.4. The second-order valence-electron chi connectivity index (χ2n) is 6.38. The summed E-state index contributed by atoms with van der Waals surface area (Å²) in [5, 5.41) is 0. The van der Waals surface area contributed by atoms with Crippen molar-refractivity contribution < 1.29 is 4.43 Å². The van der Waals surface area contributed by atoms with Crippen molar-refractivity contribution in [2.45, 2.75) is 40.4 Å². The van der Waals surface area contributed by atoms with Gasteiger partial charge in [0.05, 0.1) is 5.76 Å². The molecule has 0 saturated heterocycles. The summed E-state index contributed by atoms with van der Waals surface area (Å²) < 4.78 is 6.21. The highest BCUT2D eigenvalue weighted by Crippen LogP contribution is 2.30. The summed E-state index contributed by atoms with van der Waals surface area (Å²) in [7, 11) is -1.55. The highest BCUT2D eigenvalue weighted by molar-refractivity contribution is 6.70. The van der Waals surface area contributed by atoms with Gasteiger partial charge in [0.15, 0.2) is 0 Å². The smallest absolute Gasteiger partial charge is 0.241 e. The normalized spacial score (nSPS) is 13.6. The van der Waals surface area contributed by atoms with E-state index in [2.05, 4.69) is 70.8 Å². The van der Waals surface area contributed by atoms with Gasteiger partial charge in [-0.05, 0) is 31.3 Å². The largest absolute Gasteiger partial charge is 0.547 e. The van der Waals surface area contributed by atoms with E-state index in [1.54, 1.807) is 0 Å². The first-order chi connectivity index (χ1) is 7.68. The molecule has 0 bridgehead atoms. The molecule has 0 saturated carbocycles. The van der Waals surface area contributed by atoms with Crippen LogP contribution in [-0.4, -0.2) is 8.32 Å². The first kappa shape index (κ1) is 14.0. The van der Waals surface area contributed by atoms with Crippen LogP contribution in [0.15, 0.2) is 36.1 Å². The molecule has 0 radical (unpaired) electrons. The summed E-state index contributed by atoms with van der Waals surface area (Å²) in [5.74, 6) is 1.09. The molecule has 94 valence electrons. The zero-order valence-corrected chi connectivity index (χ0v) is 12.9. The summed E-state index contributed by atoms with van der Waals surface area (Å²) in [6.45, 7) is 13.2. The first-order valence-electron chi connectivity index (χ1n) is 6.15. The molecule has 0 spiro atoms. The Bertz CT molecular complexity index is 380.